The second-order valence-electron chi connectivity index (χ2n) is 4.10. The van der Waals surface area contributed by atoms with Gasteiger partial charge in [-0.25, -0.2) is 9.37 Å². The van der Waals surface area contributed by atoms with Crippen LogP contribution in [0.3, 0.4) is 0 Å². The van der Waals surface area contributed by atoms with Gasteiger partial charge in [-0.15, -0.1) is 11.3 Å². The number of aryl methyl sites for hydroxylation is 1. The maximum atomic E-state index is 13.9. The molecule has 1 heterocycles. The van der Waals surface area contributed by atoms with E-state index < -0.39 is 0 Å². The number of hydrogen-bond donors (Lipinski definition) is 0. The lowest BCUT2D eigenvalue weighted by molar-refractivity contribution is 0.621. The van der Waals surface area contributed by atoms with Crippen LogP contribution < -0.4 is 4.90 Å². The predicted molar refractivity (Wildman–Crippen MR) is 78.0 cm³/mol. The van der Waals surface area contributed by atoms with Gasteiger partial charge < -0.3 is 4.90 Å². The number of nitrogens with zero attached hydrogens (tertiary/aromatic N) is 2. The van der Waals surface area contributed by atoms with Gasteiger partial charge in [-0.3, -0.25) is 0 Å². The molecule has 1 aromatic carbocycles. The van der Waals surface area contributed by atoms with Gasteiger partial charge in [0.05, 0.1) is 23.4 Å². The number of thiazole rings is 1. The molecule has 0 amide bonds. The van der Waals surface area contributed by atoms with Gasteiger partial charge in [-0.2, -0.15) is 0 Å². The van der Waals surface area contributed by atoms with Crippen molar-refractivity contribution in [2.45, 2.75) is 18.8 Å². The Morgan fingerprint density at radius 3 is 2.83 bits per heavy atom. The minimum Gasteiger partial charge on any atom is -0.367 e. The molecule has 2 nitrogen and oxygen atoms in total. The SMILES string of the molecule is Cc1ncsc1CN(C)c1c(F)cccc1CBr. The van der Waals surface area contributed by atoms with Crippen molar-refractivity contribution >= 4 is 33.0 Å². The minimum absolute atomic E-state index is 0.184. The molecule has 0 atom stereocenters. The lowest BCUT2D eigenvalue weighted by atomic mass is 10.1. The van der Waals surface area contributed by atoms with Gasteiger partial charge >= 0.3 is 0 Å². The summed E-state index contributed by atoms with van der Waals surface area (Å²) in [5.41, 5.74) is 4.45. The Bertz CT molecular complexity index is 542. The molecule has 0 bridgehead atoms. The molecule has 0 saturated heterocycles. The third-order valence-electron chi connectivity index (χ3n) is 2.82. The molecule has 1 aromatic heterocycles. The predicted octanol–water partition coefficient (Wildman–Crippen LogP) is 4.12. The summed E-state index contributed by atoms with van der Waals surface area (Å²) in [5, 5.41) is 0.645. The number of para-hydroxylation sites is 1. The normalized spacial score (nSPS) is 10.7. The zero-order valence-corrected chi connectivity index (χ0v) is 12.7. The van der Waals surface area contributed by atoms with Crippen molar-refractivity contribution in [1.29, 1.82) is 0 Å². The molecular formula is C13H14BrFN2S. The van der Waals surface area contributed by atoms with Crippen LogP contribution in [-0.4, -0.2) is 12.0 Å². The third kappa shape index (κ3) is 2.72. The van der Waals surface area contributed by atoms with Gasteiger partial charge in [0.2, 0.25) is 0 Å². The first kappa shape index (κ1) is 13.5. The highest BCUT2D eigenvalue weighted by Gasteiger charge is 2.14. The Labute approximate surface area is 119 Å². The molecular weight excluding hydrogens is 315 g/mol. The van der Waals surface area contributed by atoms with E-state index in [2.05, 4.69) is 20.9 Å². The van der Waals surface area contributed by atoms with Gasteiger partial charge in [0.1, 0.15) is 5.82 Å². The first-order chi connectivity index (χ1) is 8.63. The molecule has 0 aliphatic heterocycles. The highest BCUT2D eigenvalue weighted by atomic mass is 79.9. The van der Waals surface area contributed by atoms with Gasteiger partial charge in [0.15, 0.2) is 0 Å². The van der Waals surface area contributed by atoms with Crippen LogP contribution in [0.1, 0.15) is 16.1 Å². The van der Waals surface area contributed by atoms with Gasteiger partial charge in [-0.05, 0) is 18.6 Å². The summed E-state index contributed by atoms with van der Waals surface area (Å²) in [6.45, 7) is 2.66. The molecule has 2 aromatic rings. The zero-order chi connectivity index (χ0) is 13.1. The Kier molecular flexibility index (Phi) is 4.35. The van der Waals surface area contributed by atoms with Crippen LogP contribution in [0.5, 0.6) is 0 Å². The quantitative estimate of drug-likeness (QED) is 0.785. The highest BCUT2D eigenvalue weighted by Crippen LogP contribution is 2.27. The number of halogens is 2. The van der Waals surface area contributed by atoms with E-state index in [-0.39, 0.29) is 5.82 Å². The van der Waals surface area contributed by atoms with Crippen LogP contribution in [0.15, 0.2) is 23.7 Å². The maximum Gasteiger partial charge on any atom is 0.146 e. The number of aromatic nitrogens is 1. The molecule has 0 unspecified atom stereocenters. The molecule has 0 aliphatic rings. The van der Waals surface area contributed by atoms with Crippen molar-refractivity contribution in [1.82, 2.24) is 4.98 Å². The molecule has 96 valence electrons. The number of rotatable bonds is 4. The Balaban J connectivity index is 2.29. The summed E-state index contributed by atoms with van der Waals surface area (Å²) in [4.78, 5) is 7.32. The van der Waals surface area contributed by atoms with E-state index in [1.807, 2.05) is 30.4 Å². The third-order valence-corrected chi connectivity index (χ3v) is 4.35. The Hall–Kier alpha value is -0.940. The number of benzene rings is 1. The summed E-state index contributed by atoms with van der Waals surface area (Å²) in [7, 11) is 1.91. The fourth-order valence-corrected chi connectivity index (χ4v) is 3.15. The summed E-state index contributed by atoms with van der Waals surface area (Å²) in [6.07, 6.45) is 0. The molecule has 5 heteroatoms. The lowest BCUT2D eigenvalue weighted by Crippen LogP contribution is -2.19. The standard InChI is InChI=1S/C13H14BrFN2S/c1-9-12(18-8-16-9)7-17(2)13-10(6-14)4-3-5-11(13)15/h3-5,8H,6-7H2,1-2H3. The summed E-state index contributed by atoms with van der Waals surface area (Å²) in [6, 6.07) is 5.17. The van der Waals surface area contributed by atoms with Crippen LogP contribution in [0.2, 0.25) is 0 Å². The molecule has 0 aliphatic carbocycles. The second kappa shape index (κ2) is 5.80. The van der Waals surface area contributed by atoms with Crippen LogP contribution in [0.25, 0.3) is 0 Å². The molecule has 0 spiro atoms. The van der Waals surface area contributed by atoms with E-state index in [1.54, 1.807) is 17.4 Å². The topological polar surface area (TPSA) is 16.1 Å². The van der Waals surface area contributed by atoms with E-state index in [4.69, 9.17) is 0 Å². The summed E-state index contributed by atoms with van der Waals surface area (Å²) in [5.74, 6) is -0.184. The van der Waals surface area contributed by atoms with Gasteiger partial charge in [0.25, 0.3) is 0 Å². The van der Waals surface area contributed by atoms with Gasteiger partial charge in [-0.1, -0.05) is 28.1 Å². The summed E-state index contributed by atoms with van der Waals surface area (Å²) >= 11 is 5.01. The molecule has 0 fully saturated rings. The fraction of sp³-hybridized carbons (Fsp3) is 0.308. The first-order valence-electron chi connectivity index (χ1n) is 5.57. The fourth-order valence-electron chi connectivity index (χ4n) is 1.87. The zero-order valence-electron chi connectivity index (χ0n) is 10.3. The van der Waals surface area contributed by atoms with Crippen molar-refractivity contribution in [2.24, 2.45) is 0 Å². The van der Waals surface area contributed by atoms with E-state index in [0.717, 1.165) is 11.3 Å². The molecule has 0 saturated carbocycles. The maximum absolute atomic E-state index is 13.9. The van der Waals surface area contributed by atoms with Crippen molar-refractivity contribution in [3.8, 4) is 0 Å². The molecule has 18 heavy (non-hydrogen) atoms. The van der Waals surface area contributed by atoms with Crippen molar-refractivity contribution < 1.29 is 4.39 Å². The first-order valence-corrected chi connectivity index (χ1v) is 7.57. The summed E-state index contributed by atoms with van der Waals surface area (Å²) < 4.78 is 13.9. The van der Waals surface area contributed by atoms with E-state index in [0.29, 0.717) is 17.6 Å². The van der Waals surface area contributed by atoms with Crippen molar-refractivity contribution in [3.63, 3.8) is 0 Å². The Morgan fingerprint density at radius 1 is 1.44 bits per heavy atom. The number of anilines is 1. The number of hydrogen-bond acceptors (Lipinski definition) is 3. The van der Waals surface area contributed by atoms with Crippen molar-refractivity contribution in [2.75, 3.05) is 11.9 Å². The average Bonchev–Trinajstić information content (AvgIpc) is 2.74. The molecule has 0 N–H and O–H groups in total. The monoisotopic (exact) mass is 328 g/mol. The van der Waals surface area contributed by atoms with Crippen LogP contribution in [0.4, 0.5) is 10.1 Å². The molecule has 0 radical (unpaired) electrons. The Morgan fingerprint density at radius 2 is 2.22 bits per heavy atom. The van der Waals surface area contributed by atoms with Crippen LogP contribution in [-0.2, 0) is 11.9 Å². The smallest absolute Gasteiger partial charge is 0.146 e. The second-order valence-corrected chi connectivity index (χ2v) is 5.60. The van der Waals surface area contributed by atoms with E-state index in [9.17, 15) is 4.39 Å². The number of alkyl halides is 1. The highest BCUT2D eigenvalue weighted by molar-refractivity contribution is 9.08. The van der Waals surface area contributed by atoms with Crippen molar-refractivity contribution in [3.05, 3.63) is 45.7 Å². The average molecular weight is 329 g/mol. The minimum atomic E-state index is -0.184. The van der Waals surface area contributed by atoms with E-state index in [1.165, 1.54) is 10.9 Å². The largest absolute Gasteiger partial charge is 0.367 e. The van der Waals surface area contributed by atoms with Gasteiger partial charge in [0, 0.05) is 17.3 Å². The van der Waals surface area contributed by atoms with E-state index >= 15 is 0 Å². The van der Waals surface area contributed by atoms with Crippen LogP contribution in [0, 0.1) is 12.7 Å². The lowest BCUT2D eigenvalue weighted by Gasteiger charge is -2.22. The molecule has 2 rings (SSSR count). The van der Waals surface area contributed by atoms with Crippen LogP contribution >= 0.6 is 27.3 Å².